The zero-order chi connectivity index (χ0) is 12.4. The summed E-state index contributed by atoms with van der Waals surface area (Å²) >= 11 is 1.44. The standard InChI is InChI=1S/C12H12F2N2S/c1-7-11(17-12(6-15)16-7)5-8-4-9(13)2-3-10(8)14/h2-4H,5-6,15H2,1H3. The van der Waals surface area contributed by atoms with Crippen LogP contribution in [-0.2, 0) is 13.0 Å². The molecule has 1 aromatic carbocycles. The molecule has 90 valence electrons. The monoisotopic (exact) mass is 254 g/mol. The molecule has 0 saturated carbocycles. The van der Waals surface area contributed by atoms with Gasteiger partial charge in [-0.2, -0.15) is 0 Å². The van der Waals surface area contributed by atoms with Gasteiger partial charge in [-0.25, -0.2) is 13.8 Å². The molecule has 0 unspecified atom stereocenters. The third-order valence-electron chi connectivity index (χ3n) is 2.47. The van der Waals surface area contributed by atoms with Crippen LogP contribution in [0.25, 0.3) is 0 Å². The Morgan fingerprint density at radius 2 is 2.12 bits per heavy atom. The highest BCUT2D eigenvalue weighted by Gasteiger charge is 2.10. The minimum Gasteiger partial charge on any atom is -0.325 e. The van der Waals surface area contributed by atoms with Gasteiger partial charge in [0.05, 0.1) is 5.69 Å². The highest BCUT2D eigenvalue weighted by atomic mass is 32.1. The largest absolute Gasteiger partial charge is 0.325 e. The van der Waals surface area contributed by atoms with Crippen LogP contribution in [0.1, 0.15) is 21.1 Å². The second-order valence-electron chi connectivity index (χ2n) is 3.73. The van der Waals surface area contributed by atoms with Crippen molar-refractivity contribution >= 4 is 11.3 Å². The average Bonchev–Trinajstić information content (AvgIpc) is 2.65. The van der Waals surface area contributed by atoms with E-state index in [1.807, 2.05) is 6.92 Å². The molecule has 0 aliphatic heterocycles. The van der Waals surface area contributed by atoms with E-state index in [0.717, 1.165) is 27.7 Å². The van der Waals surface area contributed by atoms with Crippen molar-refractivity contribution in [3.05, 3.63) is 51.0 Å². The molecule has 0 bridgehead atoms. The number of rotatable bonds is 3. The number of aryl methyl sites for hydroxylation is 1. The topological polar surface area (TPSA) is 38.9 Å². The fraction of sp³-hybridized carbons (Fsp3) is 0.250. The molecule has 0 amide bonds. The molecule has 0 radical (unpaired) electrons. The maximum Gasteiger partial charge on any atom is 0.126 e. The molecule has 2 N–H and O–H groups in total. The second-order valence-corrected chi connectivity index (χ2v) is 4.90. The maximum atomic E-state index is 13.5. The Kier molecular flexibility index (Phi) is 3.49. The van der Waals surface area contributed by atoms with E-state index < -0.39 is 11.6 Å². The molecule has 0 fully saturated rings. The van der Waals surface area contributed by atoms with Crippen molar-refractivity contribution in [3.63, 3.8) is 0 Å². The number of aromatic nitrogens is 1. The number of nitrogens with two attached hydrogens (primary N) is 1. The number of nitrogens with zero attached hydrogens (tertiary/aromatic N) is 1. The van der Waals surface area contributed by atoms with E-state index in [1.165, 1.54) is 17.4 Å². The minimum atomic E-state index is -0.428. The van der Waals surface area contributed by atoms with Gasteiger partial charge in [-0.1, -0.05) is 0 Å². The molecular formula is C12H12F2N2S. The van der Waals surface area contributed by atoms with Gasteiger partial charge >= 0.3 is 0 Å². The van der Waals surface area contributed by atoms with E-state index in [-0.39, 0.29) is 0 Å². The quantitative estimate of drug-likeness (QED) is 0.914. The summed E-state index contributed by atoms with van der Waals surface area (Å²) in [5.74, 6) is -0.823. The predicted octanol–water partition coefficient (Wildman–Crippen LogP) is 2.78. The SMILES string of the molecule is Cc1nc(CN)sc1Cc1cc(F)ccc1F. The summed E-state index contributed by atoms with van der Waals surface area (Å²) in [5, 5.41) is 0.814. The number of halogens is 2. The van der Waals surface area contributed by atoms with Crippen molar-refractivity contribution in [1.29, 1.82) is 0 Å². The molecule has 0 spiro atoms. The Hall–Kier alpha value is -1.33. The first-order valence-electron chi connectivity index (χ1n) is 5.19. The lowest BCUT2D eigenvalue weighted by atomic mass is 10.1. The summed E-state index contributed by atoms with van der Waals surface area (Å²) in [4.78, 5) is 5.18. The normalized spacial score (nSPS) is 10.8. The van der Waals surface area contributed by atoms with Gasteiger partial charge in [-0.15, -0.1) is 11.3 Å². The fourth-order valence-corrected chi connectivity index (χ4v) is 2.56. The molecule has 0 aliphatic carbocycles. The Bertz CT molecular complexity index is 537. The number of hydrogen-bond donors (Lipinski definition) is 1. The van der Waals surface area contributed by atoms with Crippen LogP contribution in [0.2, 0.25) is 0 Å². The van der Waals surface area contributed by atoms with Crippen molar-refractivity contribution in [2.24, 2.45) is 5.73 Å². The molecule has 0 atom stereocenters. The molecule has 2 aromatic rings. The van der Waals surface area contributed by atoms with E-state index in [9.17, 15) is 8.78 Å². The lowest BCUT2D eigenvalue weighted by molar-refractivity contribution is 0.589. The van der Waals surface area contributed by atoms with E-state index in [2.05, 4.69) is 4.98 Å². The zero-order valence-electron chi connectivity index (χ0n) is 9.34. The van der Waals surface area contributed by atoms with Crippen LogP contribution in [-0.4, -0.2) is 4.98 Å². The van der Waals surface area contributed by atoms with Crippen LogP contribution in [0.3, 0.4) is 0 Å². The van der Waals surface area contributed by atoms with Crippen LogP contribution in [0.15, 0.2) is 18.2 Å². The summed E-state index contributed by atoms with van der Waals surface area (Å²) in [6.45, 7) is 2.22. The van der Waals surface area contributed by atoms with Gasteiger partial charge in [-0.05, 0) is 30.7 Å². The Balaban J connectivity index is 2.30. The van der Waals surface area contributed by atoms with Gasteiger partial charge in [0, 0.05) is 17.8 Å². The maximum absolute atomic E-state index is 13.5. The first-order valence-corrected chi connectivity index (χ1v) is 6.01. The van der Waals surface area contributed by atoms with E-state index in [1.54, 1.807) is 0 Å². The van der Waals surface area contributed by atoms with Crippen LogP contribution in [0.5, 0.6) is 0 Å². The van der Waals surface area contributed by atoms with Gasteiger partial charge in [-0.3, -0.25) is 0 Å². The molecule has 1 heterocycles. The Labute approximate surface area is 102 Å². The van der Waals surface area contributed by atoms with Gasteiger partial charge in [0.15, 0.2) is 0 Å². The van der Waals surface area contributed by atoms with Crippen molar-refractivity contribution in [3.8, 4) is 0 Å². The van der Waals surface area contributed by atoms with Gasteiger partial charge in [0.1, 0.15) is 16.6 Å². The minimum absolute atomic E-state index is 0.348. The zero-order valence-corrected chi connectivity index (χ0v) is 10.2. The van der Waals surface area contributed by atoms with Gasteiger partial charge in [0.25, 0.3) is 0 Å². The smallest absolute Gasteiger partial charge is 0.126 e. The molecule has 0 aliphatic rings. The number of hydrogen-bond acceptors (Lipinski definition) is 3. The van der Waals surface area contributed by atoms with Crippen LogP contribution in [0, 0.1) is 18.6 Å². The van der Waals surface area contributed by atoms with E-state index in [4.69, 9.17) is 5.73 Å². The van der Waals surface area contributed by atoms with Crippen molar-refractivity contribution in [2.45, 2.75) is 19.9 Å². The molecule has 17 heavy (non-hydrogen) atoms. The highest BCUT2D eigenvalue weighted by Crippen LogP contribution is 2.23. The lowest BCUT2D eigenvalue weighted by Gasteiger charge is -2.02. The van der Waals surface area contributed by atoms with Crippen LogP contribution >= 0.6 is 11.3 Å². The number of thiazole rings is 1. The fourth-order valence-electron chi connectivity index (χ4n) is 1.59. The van der Waals surface area contributed by atoms with Crippen molar-refractivity contribution < 1.29 is 8.78 Å². The van der Waals surface area contributed by atoms with E-state index >= 15 is 0 Å². The van der Waals surface area contributed by atoms with Gasteiger partial charge in [0.2, 0.25) is 0 Å². The molecule has 2 nitrogen and oxygen atoms in total. The van der Waals surface area contributed by atoms with Gasteiger partial charge < -0.3 is 5.73 Å². The van der Waals surface area contributed by atoms with Crippen LogP contribution < -0.4 is 5.73 Å². The molecule has 0 saturated heterocycles. The molecule has 1 aromatic heterocycles. The van der Waals surface area contributed by atoms with E-state index in [0.29, 0.717) is 18.5 Å². The molecular weight excluding hydrogens is 242 g/mol. The highest BCUT2D eigenvalue weighted by molar-refractivity contribution is 7.11. The molecule has 2 rings (SSSR count). The summed E-state index contributed by atoms with van der Waals surface area (Å²) in [6.07, 6.45) is 0.354. The summed E-state index contributed by atoms with van der Waals surface area (Å²) in [5.41, 5.74) is 6.67. The Morgan fingerprint density at radius 1 is 1.35 bits per heavy atom. The summed E-state index contributed by atoms with van der Waals surface area (Å²) < 4.78 is 26.5. The first kappa shape index (κ1) is 12.1. The third kappa shape index (κ3) is 2.68. The first-order chi connectivity index (χ1) is 8.10. The van der Waals surface area contributed by atoms with Crippen molar-refractivity contribution in [2.75, 3.05) is 0 Å². The summed E-state index contributed by atoms with van der Waals surface area (Å²) in [7, 11) is 0. The number of benzene rings is 1. The second kappa shape index (κ2) is 4.89. The van der Waals surface area contributed by atoms with Crippen molar-refractivity contribution in [1.82, 2.24) is 4.98 Å². The summed E-state index contributed by atoms with van der Waals surface area (Å²) in [6, 6.07) is 3.48. The van der Waals surface area contributed by atoms with Crippen LogP contribution in [0.4, 0.5) is 8.78 Å². The molecule has 5 heteroatoms. The Morgan fingerprint density at radius 3 is 2.76 bits per heavy atom. The lowest BCUT2D eigenvalue weighted by Crippen LogP contribution is -1.94. The predicted molar refractivity (Wildman–Crippen MR) is 63.9 cm³/mol. The third-order valence-corrected chi connectivity index (χ3v) is 3.65. The average molecular weight is 254 g/mol.